The number of nitrogens with zero attached hydrogens (tertiary/aromatic N) is 1. The van der Waals surface area contributed by atoms with Crippen molar-refractivity contribution in [3.63, 3.8) is 0 Å². The molecular formula is C14H19N. The first-order valence-electron chi connectivity index (χ1n) is 5.73. The molecule has 0 saturated heterocycles. The molecule has 1 heterocycles. The number of aromatic nitrogens is 1. The molecule has 15 heavy (non-hydrogen) atoms. The van der Waals surface area contributed by atoms with Gasteiger partial charge < -0.3 is 4.57 Å². The van der Waals surface area contributed by atoms with Crippen molar-refractivity contribution in [1.29, 1.82) is 0 Å². The summed E-state index contributed by atoms with van der Waals surface area (Å²) in [7, 11) is 0. The van der Waals surface area contributed by atoms with E-state index in [9.17, 15) is 0 Å². The molecular weight excluding hydrogens is 182 g/mol. The highest BCUT2D eigenvalue weighted by atomic mass is 14.9. The normalized spacial score (nSPS) is 11.5. The monoisotopic (exact) mass is 201 g/mol. The van der Waals surface area contributed by atoms with E-state index < -0.39 is 0 Å². The zero-order chi connectivity index (χ0) is 11.0. The smallest absolute Gasteiger partial charge is 0.0485 e. The van der Waals surface area contributed by atoms with Gasteiger partial charge in [0.25, 0.3) is 0 Å². The van der Waals surface area contributed by atoms with Crippen molar-refractivity contribution >= 4 is 10.9 Å². The molecule has 0 atom stereocenters. The molecule has 1 aromatic carbocycles. The summed E-state index contributed by atoms with van der Waals surface area (Å²) in [4.78, 5) is 0. The summed E-state index contributed by atoms with van der Waals surface area (Å²) >= 11 is 0. The molecule has 0 spiro atoms. The lowest BCUT2D eigenvalue weighted by atomic mass is 9.97. The van der Waals surface area contributed by atoms with Crippen molar-refractivity contribution in [1.82, 2.24) is 4.57 Å². The lowest BCUT2D eigenvalue weighted by Crippen LogP contribution is -1.94. The fourth-order valence-electron chi connectivity index (χ4n) is 2.22. The molecule has 0 aliphatic rings. The second-order valence-corrected chi connectivity index (χ2v) is 4.54. The lowest BCUT2D eigenvalue weighted by Gasteiger charge is -2.10. The summed E-state index contributed by atoms with van der Waals surface area (Å²) in [6.45, 7) is 9.94. The average molecular weight is 201 g/mol. The first kappa shape index (κ1) is 10.3. The van der Waals surface area contributed by atoms with E-state index in [2.05, 4.69) is 56.7 Å². The Bertz CT molecular complexity index is 477. The number of fused-ring (bicyclic) bond motifs is 1. The van der Waals surface area contributed by atoms with Crippen LogP contribution in [0.2, 0.25) is 0 Å². The fraction of sp³-hybridized carbons (Fsp3) is 0.429. The van der Waals surface area contributed by atoms with Crippen LogP contribution in [0.15, 0.2) is 24.4 Å². The topological polar surface area (TPSA) is 4.93 Å². The highest BCUT2D eigenvalue weighted by Gasteiger charge is 2.08. The predicted octanol–water partition coefficient (Wildman–Crippen LogP) is 4.09. The fourth-order valence-corrected chi connectivity index (χ4v) is 2.22. The van der Waals surface area contributed by atoms with Gasteiger partial charge in [0.05, 0.1) is 0 Å². The van der Waals surface area contributed by atoms with E-state index >= 15 is 0 Å². The van der Waals surface area contributed by atoms with Gasteiger partial charge in [0, 0.05) is 23.6 Å². The molecule has 0 aliphatic carbocycles. The largest absolute Gasteiger partial charge is 0.348 e. The van der Waals surface area contributed by atoms with Crippen molar-refractivity contribution in [2.24, 2.45) is 0 Å². The van der Waals surface area contributed by atoms with Crippen LogP contribution < -0.4 is 0 Å². The molecule has 0 amide bonds. The van der Waals surface area contributed by atoms with Crippen molar-refractivity contribution in [2.75, 3.05) is 0 Å². The molecule has 0 fully saturated rings. The van der Waals surface area contributed by atoms with Gasteiger partial charge in [-0.25, -0.2) is 0 Å². The summed E-state index contributed by atoms with van der Waals surface area (Å²) in [6.07, 6.45) is 2.19. The number of benzene rings is 1. The summed E-state index contributed by atoms with van der Waals surface area (Å²) < 4.78 is 2.31. The molecule has 80 valence electrons. The molecule has 0 unspecified atom stereocenters. The molecule has 1 aromatic heterocycles. The van der Waals surface area contributed by atoms with E-state index in [-0.39, 0.29) is 0 Å². The van der Waals surface area contributed by atoms with Gasteiger partial charge in [-0.3, -0.25) is 0 Å². The maximum absolute atomic E-state index is 2.31. The Morgan fingerprint density at radius 1 is 1.27 bits per heavy atom. The van der Waals surface area contributed by atoms with Crippen molar-refractivity contribution < 1.29 is 0 Å². The second-order valence-electron chi connectivity index (χ2n) is 4.54. The van der Waals surface area contributed by atoms with Crippen LogP contribution in [0.25, 0.3) is 10.9 Å². The van der Waals surface area contributed by atoms with Gasteiger partial charge in [-0.1, -0.05) is 19.9 Å². The van der Waals surface area contributed by atoms with Gasteiger partial charge in [0.2, 0.25) is 0 Å². The standard InChI is InChI=1S/C14H19N/c1-5-15-7-6-12-13(10(2)3)8-11(4)9-14(12)15/h6-10H,5H2,1-4H3. The predicted molar refractivity (Wildman–Crippen MR) is 66.4 cm³/mol. The molecule has 0 N–H and O–H groups in total. The number of hydrogen-bond acceptors (Lipinski definition) is 0. The van der Waals surface area contributed by atoms with Crippen LogP contribution in [0.5, 0.6) is 0 Å². The summed E-state index contributed by atoms with van der Waals surface area (Å²) in [6, 6.07) is 6.84. The van der Waals surface area contributed by atoms with Crippen molar-refractivity contribution in [3.05, 3.63) is 35.5 Å². The summed E-state index contributed by atoms with van der Waals surface area (Å²) in [5.74, 6) is 0.597. The highest BCUT2D eigenvalue weighted by Crippen LogP contribution is 2.27. The minimum Gasteiger partial charge on any atom is -0.348 e. The molecule has 2 rings (SSSR count). The Morgan fingerprint density at radius 2 is 2.00 bits per heavy atom. The third-order valence-corrected chi connectivity index (χ3v) is 3.03. The first-order chi connectivity index (χ1) is 7.13. The van der Waals surface area contributed by atoms with Crippen LogP contribution in [0, 0.1) is 6.92 Å². The first-order valence-corrected chi connectivity index (χ1v) is 5.73. The maximum atomic E-state index is 2.31. The quantitative estimate of drug-likeness (QED) is 0.689. The Balaban J connectivity index is 2.76. The lowest BCUT2D eigenvalue weighted by molar-refractivity contribution is 0.796. The second kappa shape index (κ2) is 3.73. The summed E-state index contributed by atoms with van der Waals surface area (Å²) in [5, 5.41) is 1.41. The Morgan fingerprint density at radius 3 is 2.60 bits per heavy atom. The maximum Gasteiger partial charge on any atom is 0.0485 e. The van der Waals surface area contributed by atoms with Crippen LogP contribution >= 0.6 is 0 Å². The van der Waals surface area contributed by atoms with Crippen LogP contribution in [-0.4, -0.2) is 4.57 Å². The highest BCUT2D eigenvalue weighted by molar-refractivity contribution is 5.85. The third-order valence-electron chi connectivity index (χ3n) is 3.03. The molecule has 2 aromatic rings. The van der Waals surface area contributed by atoms with E-state index in [4.69, 9.17) is 0 Å². The Kier molecular flexibility index (Phi) is 2.56. The third kappa shape index (κ3) is 1.67. The van der Waals surface area contributed by atoms with Crippen LogP contribution in [0.3, 0.4) is 0 Å². The van der Waals surface area contributed by atoms with Gasteiger partial charge in [-0.05, 0) is 43.0 Å². The molecule has 1 nitrogen and oxygen atoms in total. The van der Waals surface area contributed by atoms with Crippen LogP contribution in [0.1, 0.15) is 37.8 Å². The van der Waals surface area contributed by atoms with E-state index in [0.29, 0.717) is 5.92 Å². The van der Waals surface area contributed by atoms with Gasteiger partial charge >= 0.3 is 0 Å². The number of rotatable bonds is 2. The molecule has 0 bridgehead atoms. The zero-order valence-corrected chi connectivity index (χ0v) is 10.0. The van der Waals surface area contributed by atoms with Gasteiger partial charge in [-0.2, -0.15) is 0 Å². The minimum absolute atomic E-state index is 0.597. The van der Waals surface area contributed by atoms with Crippen molar-refractivity contribution in [2.45, 2.75) is 40.2 Å². The molecule has 1 heteroatoms. The molecule has 0 aliphatic heterocycles. The van der Waals surface area contributed by atoms with E-state index in [1.54, 1.807) is 0 Å². The molecule has 0 radical (unpaired) electrons. The molecule has 0 saturated carbocycles. The summed E-state index contributed by atoms with van der Waals surface area (Å²) in [5.41, 5.74) is 4.21. The van der Waals surface area contributed by atoms with Crippen molar-refractivity contribution in [3.8, 4) is 0 Å². The van der Waals surface area contributed by atoms with E-state index in [1.807, 2.05) is 0 Å². The van der Waals surface area contributed by atoms with Crippen LogP contribution in [-0.2, 0) is 6.54 Å². The van der Waals surface area contributed by atoms with Gasteiger partial charge in [0.15, 0.2) is 0 Å². The van der Waals surface area contributed by atoms with E-state index in [1.165, 1.54) is 22.0 Å². The number of hydrogen-bond donors (Lipinski definition) is 0. The zero-order valence-electron chi connectivity index (χ0n) is 10.0. The Labute approximate surface area is 91.7 Å². The average Bonchev–Trinajstić information content (AvgIpc) is 2.58. The van der Waals surface area contributed by atoms with Gasteiger partial charge in [0.1, 0.15) is 0 Å². The number of aryl methyl sites for hydroxylation is 2. The minimum atomic E-state index is 0.597. The van der Waals surface area contributed by atoms with Crippen LogP contribution in [0.4, 0.5) is 0 Å². The Hall–Kier alpha value is -1.24. The van der Waals surface area contributed by atoms with Gasteiger partial charge in [-0.15, -0.1) is 0 Å². The van der Waals surface area contributed by atoms with E-state index in [0.717, 1.165) is 6.54 Å². The SMILES string of the molecule is CCn1ccc2c(C(C)C)cc(C)cc21.